The van der Waals surface area contributed by atoms with Crippen LogP contribution in [0.15, 0.2) is 24.3 Å². The molecule has 4 heteroatoms. The van der Waals surface area contributed by atoms with Crippen molar-refractivity contribution in [3.8, 4) is 0 Å². The van der Waals surface area contributed by atoms with E-state index in [1.807, 2.05) is 24.3 Å². The lowest BCUT2D eigenvalue weighted by Crippen LogP contribution is -2.11. The molecule has 3 nitrogen and oxygen atoms in total. The highest BCUT2D eigenvalue weighted by molar-refractivity contribution is 7.80. The molecule has 1 aromatic carbocycles. The third kappa shape index (κ3) is 4.36. The molecule has 1 rings (SSSR count). The Morgan fingerprint density at radius 3 is 3.00 bits per heavy atom. The monoisotopic (exact) mass is 225 g/mol. The van der Waals surface area contributed by atoms with Crippen LogP contribution < -0.4 is 5.32 Å². The molecule has 82 valence electrons. The van der Waals surface area contributed by atoms with Gasteiger partial charge in [0.05, 0.1) is 6.61 Å². The predicted octanol–water partition coefficient (Wildman–Crippen LogP) is 2.09. The Kier molecular flexibility index (Phi) is 5.21. The average molecular weight is 225 g/mol. The molecular formula is C11H15NO2S. The third-order valence-corrected chi connectivity index (χ3v) is 2.08. The van der Waals surface area contributed by atoms with Crippen molar-refractivity contribution >= 4 is 24.2 Å². The van der Waals surface area contributed by atoms with Crippen molar-refractivity contribution in [3.05, 3.63) is 29.8 Å². The lowest BCUT2D eigenvalue weighted by atomic mass is 10.2. The van der Waals surface area contributed by atoms with Gasteiger partial charge in [0.25, 0.3) is 0 Å². The van der Waals surface area contributed by atoms with Crippen LogP contribution in [0.5, 0.6) is 0 Å². The van der Waals surface area contributed by atoms with Crippen LogP contribution >= 0.6 is 12.6 Å². The summed E-state index contributed by atoms with van der Waals surface area (Å²) in [6.45, 7) is 0.552. The molecule has 0 heterocycles. The molecule has 0 bridgehead atoms. The van der Waals surface area contributed by atoms with Crippen LogP contribution in [-0.4, -0.2) is 18.8 Å². The molecule has 0 saturated heterocycles. The van der Waals surface area contributed by atoms with E-state index >= 15 is 0 Å². The Hall–Kier alpha value is -1.00. The fourth-order valence-electron chi connectivity index (χ4n) is 1.23. The highest BCUT2D eigenvalue weighted by atomic mass is 32.1. The van der Waals surface area contributed by atoms with Crippen molar-refractivity contribution in [3.63, 3.8) is 0 Å². The maximum atomic E-state index is 11.3. The number of methoxy groups -OCH3 is 1. The van der Waals surface area contributed by atoms with Crippen LogP contribution in [-0.2, 0) is 16.1 Å². The van der Waals surface area contributed by atoms with Gasteiger partial charge in [-0.05, 0) is 23.4 Å². The number of ether oxygens (including phenoxy) is 1. The number of hydrogen-bond donors (Lipinski definition) is 2. The quantitative estimate of drug-likeness (QED) is 0.753. The lowest BCUT2D eigenvalue weighted by molar-refractivity contribution is -0.115. The van der Waals surface area contributed by atoms with Gasteiger partial charge in [-0.25, -0.2) is 0 Å². The molecule has 0 aliphatic carbocycles. The van der Waals surface area contributed by atoms with Crippen LogP contribution in [0, 0.1) is 0 Å². The fraction of sp³-hybridized carbons (Fsp3) is 0.364. The van der Waals surface area contributed by atoms with E-state index in [9.17, 15) is 4.79 Å². The van der Waals surface area contributed by atoms with Crippen LogP contribution in [0.2, 0.25) is 0 Å². The van der Waals surface area contributed by atoms with Gasteiger partial charge in [0, 0.05) is 19.2 Å². The highest BCUT2D eigenvalue weighted by Gasteiger charge is 2.01. The summed E-state index contributed by atoms with van der Waals surface area (Å²) < 4.78 is 5.01. The first kappa shape index (κ1) is 12.1. The summed E-state index contributed by atoms with van der Waals surface area (Å²) in [7, 11) is 1.64. The first-order valence-electron chi connectivity index (χ1n) is 4.75. The average Bonchev–Trinajstić information content (AvgIpc) is 2.19. The summed E-state index contributed by atoms with van der Waals surface area (Å²) in [5.41, 5.74) is 1.84. The van der Waals surface area contributed by atoms with Gasteiger partial charge in [0.2, 0.25) is 5.91 Å². The van der Waals surface area contributed by atoms with Crippen LogP contribution in [0.25, 0.3) is 0 Å². The first-order valence-corrected chi connectivity index (χ1v) is 5.38. The number of carbonyl (C=O) groups excluding carboxylic acids is 1. The van der Waals surface area contributed by atoms with E-state index in [2.05, 4.69) is 17.9 Å². The molecule has 0 aliphatic heterocycles. The molecule has 1 amide bonds. The van der Waals surface area contributed by atoms with Gasteiger partial charge in [0.1, 0.15) is 0 Å². The molecule has 1 aromatic rings. The Bertz CT molecular complexity index is 328. The molecule has 0 spiro atoms. The number of nitrogens with one attached hydrogen (secondary N) is 1. The van der Waals surface area contributed by atoms with Gasteiger partial charge >= 0.3 is 0 Å². The number of benzene rings is 1. The van der Waals surface area contributed by atoms with E-state index in [1.54, 1.807) is 7.11 Å². The molecule has 0 aliphatic rings. The lowest BCUT2D eigenvalue weighted by Gasteiger charge is -2.06. The zero-order valence-electron chi connectivity index (χ0n) is 8.69. The van der Waals surface area contributed by atoms with Gasteiger partial charge < -0.3 is 10.1 Å². The number of carbonyl (C=O) groups is 1. The summed E-state index contributed by atoms with van der Waals surface area (Å²) in [5, 5.41) is 2.80. The maximum absolute atomic E-state index is 11.3. The maximum Gasteiger partial charge on any atom is 0.225 e. The van der Waals surface area contributed by atoms with E-state index in [0.29, 0.717) is 18.8 Å². The normalized spacial score (nSPS) is 10.0. The van der Waals surface area contributed by atoms with E-state index in [4.69, 9.17) is 4.74 Å². The van der Waals surface area contributed by atoms with Crippen molar-refractivity contribution in [1.82, 2.24) is 0 Å². The molecule has 15 heavy (non-hydrogen) atoms. The zero-order chi connectivity index (χ0) is 11.1. The second-order valence-electron chi connectivity index (χ2n) is 3.16. The summed E-state index contributed by atoms with van der Waals surface area (Å²) in [4.78, 5) is 11.3. The molecular weight excluding hydrogens is 210 g/mol. The van der Waals surface area contributed by atoms with Crippen LogP contribution in [0.4, 0.5) is 5.69 Å². The van der Waals surface area contributed by atoms with Gasteiger partial charge in [-0.3, -0.25) is 4.79 Å². The van der Waals surface area contributed by atoms with Gasteiger partial charge in [-0.15, -0.1) is 0 Å². The fourth-order valence-corrected chi connectivity index (χ4v) is 1.43. The molecule has 0 saturated carbocycles. The number of thiol groups is 1. The van der Waals surface area contributed by atoms with Crippen molar-refractivity contribution in [2.45, 2.75) is 13.0 Å². The second-order valence-corrected chi connectivity index (χ2v) is 3.60. The summed E-state index contributed by atoms with van der Waals surface area (Å²) in [6.07, 6.45) is 0.428. The standard InChI is InChI=1S/C11H15NO2S/c1-14-8-9-3-2-4-10(7-9)12-11(13)5-6-15/h2-4,7,15H,5-6,8H2,1H3,(H,12,13). The molecule has 0 aromatic heterocycles. The van der Waals surface area contributed by atoms with E-state index in [0.717, 1.165) is 11.3 Å². The molecule has 1 N–H and O–H groups in total. The highest BCUT2D eigenvalue weighted by Crippen LogP contribution is 2.11. The minimum atomic E-state index is -0.0143. The molecule has 0 fully saturated rings. The van der Waals surface area contributed by atoms with Crippen LogP contribution in [0.3, 0.4) is 0 Å². The smallest absolute Gasteiger partial charge is 0.225 e. The molecule has 0 radical (unpaired) electrons. The Morgan fingerprint density at radius 1 is 1.53 bits per heavy atom. The zero-order valence-corrected chi connectivity index (χ0v) is 9.59. The number of amides is 1. The summed E-state index contributed by atoms with van der Waals surface area (Å²) in [5.74, 6) is 0.545. The number of anilines is 1. The Labute approximate surface area is 95.2 Å². The van der Waals surface area contributed by atoms with E-state index in [1.165, 1.54) is 0 Å². The van der Waals surface area contributed by atoms with Crippen molar-refractivity contribution in [1.29, 1.82) is 0 Å². The van der Waals surface area contributed by atoms with Crippen molar-refractivity contribution in [2.24, 2.45) is 0 Å². The molecule has 0 unspecified atom stereocenters. The van der Waals surface area contributed by atoms with Crippen LogP contribution in [0.1, 0.15) is 12.0 Å². The van der Waals surface area contributed by atoms with Gasteiger partial charge in [0.15, 0.2) is 0 Å². The minimum absolute atomic E-state index is 0.0143. The number of rotatable bonds is 5. The predicted molar refractivity (Wildman–Crippen MR) is 64.3 cm³/mol. The summed E-state index contributed by atoms with van der Waals surface area (Å²) in [6, 6.07) is 7.61. The largest absolute Gasteiger partial charge is 0.380 e. The van der Waals surface area contributed by atoms with E-state index in [-0.39, 0.29) is 5.91 Å². The van der Waals surface area contributed by atoms with Gasteiger partial charge in [-0.2, -0.15) is 12.6 Å². The van der Waals surface area contributed by atoms with Crippen molar-refractivity contribution in [2.75, 3.05) is 18.2 Å². The first-order chi connectivity index (χ1) is 7.26. The Morgan fingerprint density at radius 2 is 2.33 bits per heavy atom. The topological polar surface area (TPSA) is 38.3 Å². The number of hydrogen-bond acceptors (Lipinski definition) is 3. The summed E-state index contributed by atoms with van der Waals surface area (Å²) >= 11 is 4.00. The van der Waals surface area contributed by atoms with E-state index < -0.39 is 0 Å². The Balaban J connectivity index is 2.60. The minimum Gasteiger partial charge on any atom is -0.380 e. The third-order valence-electron chi connectivity index (χ3n) is 1.86. The van der Waals surface area contributed by atoms with Crippen molar-refractivity contribution < 1.29 is 9.53 Å². The SMILES string of the molecule is COCc1cccc(NC(=O)CCS)c1. The second kappa shape index (κ2) is 6.48. The molecule has 0 atom stereocenters. The van der Waals surface area contributed by atoms with Gasteiger partial charge in [-0.1, -0.05) is 12.1 Å².